The van der Waals surface area contributed by atoms with Crippen molar-refractivity contribution in [2.45, 2.75) is 31.6 Å². The second-order valence-corrected chi connectivity index (χ2v) is 18.0. The summed E-state index contributed by atoms with van der Waals surface area (Å²) in [5.74, 6) is -57.7. The van der Waals surface area contributed by atoms with Crippen LogP contribution in [0.2, 0.25) is 0 Å². The number of aromatic amines is 3. The second kappa shape index (κ2) is 18.9. The molecule has 0 radical (unpaired) electrons. The van der Waals surface area contributed by atoms with Gasteiger partial charge in [-0.1, -0.05) is 0 Å². The number of hydrogen-bond acceptors (Lipinski definition) is 4. The van der Waals surface area contributed by atoms with E-state index in [4.69, 9.17) is 4.74 Å². The maximum absolute atomic E-state index is 16.6. The molecular formula is C53H21F20N5O2. The Morgan fingerprint density at radius 3 is 1.06 bits per heavy atom. The minimum Gasteiger partial charge on any atom is -0.461 e. The Balaban J connectivity index is 1.44. The van der Waals surface area contributed by atoms with E-state index in [1.165, 1.54) is 13.1 Å². The van der Waals surface area contributed by atoms with Crippen LogP contribution in [0, 0.1) is 116 Å². The standard InChI is InChI=1S/C53H21F20N5O2/c1-2-80-53(79)52-13-10-15-14(9-12(13)11-74-52)50-24(28-34(58)42(66)48(72)43(67)35(28)59)20-7-5-18(76-20)22(26-30(54)38(62)46(70)39(63)31(26)55)16-3-4-17(75-16)23(27-32(56)40(64)47(71)41(65)33(27)57)19-6-8-21(77-19)25(51(15)78-50)29-36(60)44(68)49(73)45(69)37(29)61/h3-8,11,14-15,74,76-77H,2,9-10H2,1H3/t14-,15+/m0/s1. The molecule has 80 heavy (non-hydrogen) atoms. The Hall–Kier alpha value is -8.91. The molecule has 8 aromatic rings. The van der Waals surface area contributed by atoms with Gasteiger partial charge in [0.05, 0.1) is 51.6 Å². The van der Waals surface area contributed by atoms with Crippen molar-refractivity contribution in [1.29, 1.82) is 0 Å². The smallest absolute Gasteiger partial charge is 0.355 e. The van der Waals surface area contributed by atoms with Crippen LogP contribution in [0.5, 0.6) is 0 Å². The molecule has 0 fully saturated rings. The summed E-state index contributed by atoms with van der Waals surface area (Å²) in [6.45, 7) is 1.15. The molecule has 27 heteroatoms. The normalized spacial score (nSPS) is 14.8. The van der Waals surface area contributed by atoms with Crippen LogP contribution < -0.4 is 0 Å². The fraction of sp³-hybridized carbons (Fsp3) is 0.113. The van der Waals surface area contributed by atoms with E-state index in [1.807, 2.05) is 0 Å². The van der Waals surface area contributed by atoms with Crippen molar-refractivity contribution in [2.75, 3.05) is 6.61 Å². The van der Waals surface area contributed by atoms with Crippen LogP contribution in [0.3, 0.4) is 0 Å². The fourth-order valence-corrected chi connectivity index (χ4v) is 10.3. The van der Waals surface area contributed by atoms with Gasteiger partial charge >= 0.3 is 5.97 Å². The number of ether oxygens (including phenoxy) is 1. The number of rotatable bonds is 6. The van der Waals surface area contributed by atoms with Gasteiger partial charge in [-0.2, -0.15) is 0 Å². The molecule has 0 saturated carbocycles. The summed E-state index contributed by atoms with van der Waals surface area (Å²) in [6.07, 6.45) is 1.09. The minimum atomic E-state index is -2.75. The number of nitrogens with one attached hydrogen (secondary N) is 3. The van der Waals surface area contributed by atoms with Crippen molar-refractivity contribution in [2.24, 2.45) is 0 Å². The third-order valence-electron chi connectivity index (χ3n) is 13.8. The number of esters is 1. The number of carbonyl (C=O) groups is 1. The van der Waals surface area contributed by atoms with Gasteiger partial charge < -0.3 is 19.7 Å². The van der Waals surface area contributed by atoms with Gasteiger partial charge in [0.2, 0.25) is 23.3 Å². The Morgan fingerprint density at radius 1 is 0.425 bits per heavy atom. The highest BCUT2D eigenvalue weighted by Crippen LogP contribution is 2.54. The molecule has 1 aliphatic carbocycles. The fourth-order valence-electron chi connectivity index (χ4n) is 10.3. The molecule has 3 aliphatic rings. The lowest BCUT2D eigenvalue weighted by Crippen LogP contribution is -2.21. The van der Waals surface area contributed by atoms with Gasteiger partial charge in [-0.15, -0.1) is 0 Å². The molecule has 6 heterocycles. The van der Waals surface area contributed by atoms with Crippen LogP contribution in [0.1, 0.15) is 63.2 Å². The number of aromatic nitrogens is 5. The highest BCUT2D eigenvalue weighted by molar-refractivity contribution is 5.98. The Bertz CT molecular complexity index is 4220. The third-order valence-corrected chi connectivity index (χ3v) is 13.8. The lowest BCUT2D eigenvalue weighted by atomic mass is 9.73. The molecule has 4 aromatic carbocycles. The van der Waals surface area contributed by atoms with Crippen LogP contribution in [0.25, 0.3) is 78.7 Å². The first kappa shape index (κ1) is 53.1. The van der Waals surface area contributed by atoms with E-state index in [1.54, 1.807) is 0 Å². The Kier molecular flexibility index (Phi) is 12.5. The lowest BCUT2D eigenvalue weighted by molar-refractivity contribution is 0.0518. The summed E-state index contributed by atoms with van der Waals surface area (Å²) in [5.41, 5.74) is -20.8. The quantitative estimate of drug-likeness (QED) is 0.0668. The third kappa shape index (κ3) is 7.54. The molecule has 0 saturated heterocycles. The first-order valence-corrected chi connectivity index (χ1v) is 22.8. The monoisotopic (exact) mass is 1140 g/mol. The van der Waals surface area contributed by atoms with Crippen LogP contribution in [-0.2, 0) is 17.6 Å². The molecule has 8 bridgehead atoms. The highest BCUT2D eigenvalue weighted by atomic mass is 19.2. The number of halogens is 20. The number of fused-ring (bicyclic) bond motifs is 12. The van der Waals surface area contributed by atoms with Crippen molar-refractivity contribution >= 4 is 40.2 Å². The van der Waals surface area contributed by atoms with E-state index in [9.17, 15) is 22.4 Å². The van der Waals surface area contributed by atoms with Gasteiger partial charge in [0.15, 0.2) is 93.1 Å². The molecule has 2 atom stereocenters. The Morgan fingerprint density at radius 2 is 0.725 bits per heavy atom. The van der Waals surface area contributed by atoms with E-state index in [0.29, 0.717) is 36.4 Å². The second-order valence-electron chi connectivity index (χ2n) is 18.0. The average Bonchev–Trinajstić information content (AvgIpc) is 4.51. The Labute approximate surface area is 430 Å². The summed E-state index contributed by atoms with van der Waals surface area (Å²) in [6, 6.07) is 2.60. The van der Waals surface area contributed by atoms with Crippen LogP contribution in [0.15, 0.2) is 30.5 Å². The first-order chi connectivity index (χ1) is 37.9. The summed E-state index contributed by atoms with van der Waals surface area (Å²) in [4.78, 5) is 29.1. The number of H-pyrrole nitrogens is 3. The van der Waals surface area contributed by atoms with Crippen LogP contribution >= 0.6 is 0 Å². The van der Waals surface area contributed by atoms with Gasteiger partial charge in [0.1, 0.15) is 5.69 Å². The zero-order valence-corrected chi connectivity index (χ0v) is 39.1. The van der Waals surface area contributed by atoms with E-state index < -0.39 is 236 Å². The van der Waals surface area contributed by atoms with Crippen molar-refractivity contribution < 1.29 is 97.3 Å². The summed E-state index contributed by atoms with van der Waals surface area (Å²) in [5, 5.41) is 0. The van der Waals surface area contributed by atoms with E-state index in [0.717, 1.165) is 0 Å². The molecule has 2 aliphatic heterocycles. The molecular weight excluding hydrogens is 1120 g/mol. The molecule has 410 valence electrons. The molecule has 11 rings (SSSR count). The number of hydrogen-bond donors (Lipinski definition) is 3. The van der Waals surface area contributed by atoms with E-state index >= 15 is 70.2 Å². The summed E-state index contributed by atoms with van der Waals surface area (Å²) < 4.78 is 318. The van der Waals surface area contributed by atoms with Crippen LogP contribution in [-0.4, -0.2) is 37.5 Å². The average molecular weight is 1140 g/mol. The largest absolute Gasteiger partial charge is 0.461 e. The van der Waals surface area contributed by atoms with Gasteiger partial charge in [0, 0.05) is 62.4 Å². The van der Waals surface area contributed by atoms with Gasteiger partial charge in [-0.05, 0) is 67.3 Å². The lowest BCUT2D eigenvalue weighted by Gasteiger charge is -2.28. The van der Waals surface area contributed by atoms with Crippen molar-refractivity contribution in [3.05, 3.63) is 186 Å². The van der Waals surface area contributed by atoms with Crippen molar-refractivity contribution in [3.8, 4) is 44.5 Å². The number of nitrogens with zero attached hydrogens (tertiary/aromatic N) is 2. The zero-order chi connectivity index (χ0) is 57.6. The molecule has 3 N–H and O–H groups in total. The SMILES string of the molecule is CCOC(=O)c1[nH]cc2c1C[C@H]1c3nc(c(-c4c(F)c(F)c(F)c(F)c4F)c4ccc([nH]4)c(-c4c(F)c(F)c(F)c(F)c4F)c4nc(c(-c5c(F)c(F)c(F)c(F)c5F)c5ccc([nH]5)c3-c3c(F)c(F)c(F)c(F)c3F)C=C4)[C@H]1C2. The first-order valence-electron chi connectivity index (χ1n) is 22.8. The van der Waals surface area contributed by atoms with Gasteiger partial charge in [0.25, 0.3) is 0 Å². The molecule has 0 amide bonds. The highest BCUT2D eigenvalue weighted by Gasteiger charge is 2.45. The molecule has 4 aromatic heterocycles. The van der Waals surface area contributed by atoms with E-state index in [-0.39, 0.29) is 23.4 Å². The molecule has 0 spiro atoms. The predicted octanol–water partition coefficient (Wildman–Crippen LogP) is 15.1. The number of carbonyl (C=O) groups excluding carboxylic acids is 1. The van der Waals surface area contributed by atoms with Crippen molar-refractivity contribution in [3.63, 3.8) is 0 Å². The van der Waals surface area contributed by atoms with Gasteiger partial charge in [-0.25, -0.2) is 97.6 Å². The summed E-state index contributed by atoms with van der Waals surface area (Å²) >= 11 is 0. The predicted molar refractivity (Wildman–Crippen MR) is 240 cm³/mol. The summed E-state index contributed by atoms with van der Waals surface area (Å²) in [7, 11) is 0. The van der Waals surface area contributed by atoms with E-state index in [2.05, 4.69) is 24.9 Å². The molecule has 7 nitrogen and oxygen atoms in total. The van der Waals surface area contributed by atoms with Crippen LogP contribution in [0.4, 0.5) is 87.8 Å². The van der Waals surface area contributed by atoms with Gasteiger partial charge in [-0.3, -0.25) is 4.98 Å². The maximum atomic E-state index is 16.6. The number of benzene rings is 4. The maximum Gasteiger partial charge on any atom is 0.355 e. The minimum absolute atomic E-state index is 0.0322. The van der Waals surface area contributed by atoms with Crippen molar-refractivity contribution in [1.82, 2.24) is 24.9 Å². The molecule has 0 unspecified atom stereocenters. The topological polar surface area (TPSA) is 99.5 Å². The zero-order valence-electron chi connectivity index (χ0n) is 39.1.